The van der Waals surface area contributed by atoms with Gasteiger partial charge in [-0.3, -0.25) is 14.9 Å². The summed E-state index contributed by atoms with van der Waals surface area (Å²) in [7, 11) is 2.80. The molecule has 28 heavy (non-hydrogen) atoms. The third kappa shape index (κ3) is 4.93. The van der Waals surface area contributed by atoms with Crippen molar-refractivity contribution in [2.75, 3.05) is 26.5 Å². The molecule has 0 aliphatic heterocycles. The number of halogens is 1. The monoisotopic (exact) mass is 391 g/mol. The van der Waals surface area contributed by atoms with Gasteiger partial charge in [-0.15, -0.1) is 0 Å². The molecule has 1 amide bonds. The van der Waals surface area contributed by atoms with Crippen molar-refractivity contribution < 1.29 is 28.4 Å². The average Bonchev–Trinajstić information content (AvgIpc) is 2.66. The van der Waals surface area contributed by atoms with E-state index in [0.29, 0.717) is 5.56 Å². The number of benzene rings is 2. The van der Waals surface area contributed by atoms with E-state index in [4.69, 9.17) is 15.2 Å². The molecule has 0 aliphatic rings. The number of nitro benzene ring substituents is 1. The van der Waals surface area contributed by atoms with Gasteiger partial charge in [0, 0.05) is 31.4 Å². The quantitative estimate of drug-likeness (QED) is 0.332. The Morgan fingerprint density at radius 1 is 1.25 bits per heavy atom. The number of esters is 1. The van der Waals surface area contributed by atoms with Crippen molar-refractivity contribution in [2.24, 2.45) is 0 Å². The highest BCUT2D eigenvalue weighted by molar-refractivity contribution is 5.96. The van der Waals surface area contributed by atoms with Gasteiger partial charge >= 0.3 is 5.97 Å². The molecular formula is C18H18FN3O6. The minimum atomic E-state index is -0.960. The van der Waals surface area contributed by atoms with Crippen LogP contribution in [-0.4, -0.2) is 42.5 Å². The van der Waals surface area contributed by atoms with Crippen molar-refractivity contribution in [2.45, 2.75) is 6.54 Å². The first-order valence-electron chi connectivity index (χ1n) is 8.00. The van der Waals surface area contributed by atoms with Gasteiger partial charge in [-0.2, -0.15) is 0 Å². The zero-order valence-corrected chi connectivity index (χ0v) is 15.2. The number of amides is 1. The van der Waals surface area contributed by atoms with Crippen molar-refractivity contribution in [3.05, 3.63) is 63.5 Å². The average molecular weight is 391 g/mol. The van der Waals surface area contributed by atoms with Crippen LogP contribution in [-0.2, 0) is 16.1 Å². The molecule has 148 valence electrons. The van der Waals surface area contributed by atoms with Crippen LogP contribution in [0.2, 0.25) is 0 Å². The smallest absolute Gasteiger partial charge is 0.341 e. The number of methoxy groups -OCH3 is 1. The predicted molar refractivity (Wildman–Crippen MR) is 97.2 cm³/mol. The van der Waals surface area contributed by atoms with Crippen LogP contribution in [0.5, 0.6) is 5.75 Å². The van der Waals surface area contributed by atoms with Gasteiger partial charge in [-0.05, 0) is 23.8 Å². The fourth-order valence-electron chi connectivity index (χ4n) is 2.32. The molecule has 0 fully saturated rings. The summed E-state index contributed by atoms with van der Waals surface area (Å²) in [5.41, 5.74) is 5.61. The highest BCUT2D eigenvalue weighted by atomic mass is 19.1. The molecule has 0 saturated carbocycles. The number of anilines is 1. The van der Waals surface area contributed by atoms with Gasteiger partial charge in [-0.1, -0.05) is 6.07 Å². The Hall–Kier alpha value is -3.69. The number of hydrogen-bond acceptors (Lipinski definition) is 7. The molecule has 2 N–H and O–H groups in total. The van der Waals surface area contributed by atoms with E-state index in [1.165, 1.54) is 37.3 Å². The molecule has 0 unspecified atom stereocenters. The second-order valence-corrected chi connectivity index (χ2v) is 5.82. The molecule has 0 heterocycles. The Balaban J connectivity index is 1.97. The lowest BCUT2D eigenvalue weighted by atomic mass is 10.1. The van der Waals surface area contributed by atoms with E-state index in [1.807, 2.05) is 0 Å². The molecule has 0 aromatic heterocycles. The third-order valence-electron chi connectivity index (χ3n) is 3.86. The topological polar surface area (TPSA) is 125 Å². The second kappa shape index (κ2) is 8.80. The van der Waals surface area contributed by atoms with E-state index in [-0.39, 0.29) is 29.2 Å². The Kier molecular flexibility index (Phi) is 6.48. The first-order valence-corrected chi connectivity index (χ1v) is 8.00. The van der Waals surface area contributed by atoms with Crippen molar-refractivity contribution in [1.82, 2.24) is 4.90 Å². The normalized spacial score (nSPS) is 10.2. The fraction of sp³-hybridized carbons (Fsp3) is 0.222. The summed E-state index contributed by atoms with van der Waals surface area (Å²) in [4.78, 5) is 35.6. The largest absolute Gasteiger partial charge is 0.494 e. The minimum absolute atomic E-state index is 0.00916. The zero-order valence-electron chi connectivity index (χ0n) is 15.2. The van der Waals surface area contributed by atoms with E-state index < -0.39 is 29.2 Å². The molecule has 0 aliphatic carbocycles. The summed E-state index contributed by atoms with van der Waals surface area (Å²) in [6.45, 7) is -0.521. The lowest BCUT2D eigenvalue weighted by Crippen LogP contribution is -2.31. The van der Waals surface area contributed by atoms with E-state index in [2.05, 4.69) is 0 Å². The van der Waals surface area contributed by atoms with E-state index in [9.17, 15) is 24.1 Å². The summed E-state index contributed by atoms with van der Waals surface area (Å²) in [5.74, 6) is -1.98. The molecule has 0 radical (unpaired) electrons. The standard InChI is InChI=1S/C18H18FN3O6/c1-21(9-11-3-6-16(27-2)14(19)7-11)17(23)10-28-18(24)13-8-12(22(25)26)4-5-15(13)20/h3-8H,9-10,20H2,1-2H3. The molecular weight excluding hydrogens is 373 g/mol. The van der Waals surface area contributed by atoms with Crippen molar-refractivity contribution in [1.29, 1.82) is 0 Å². The summed E-state index contributed by atoms with van der Waals surface area (Å²) in [5, 5.41) is 10.8. The Morgan fingerprint density at radius 2 is 1.96 bits per heavy atom. The van der Waals surface area contributed by atoms with Gasteiger partial charge in [0.05, 0.1) is 17.6 Å². The van der Waals surface area contributed by atoms with Crippen LogP contribution in [0.25, 0.3) is 0 Å². The van der Waals surface area contributed by atoms with Crippen molar-refractivity contribution >= 4 is 23.3 Å². The van der Waals surface area contributed by atoms with Gasteiger partial charge in [0.1, 0.15) is 0 Å². The number of nitrogens with two attached hydrogens (primary N) is 1. The molecule has 0 spiro atoms. The van der Waals surface area contributed by atoms with Crippen molar-refractivity contribution in [3.63, 3.8) is 0 Å². The van der Waals surface area contributed by atoms with Crippen LogP contribution < -0.4 is 10.5 Å². The molecule has 2 aromatic rings. The molecule has 2 aromatic carbocycles. The number of carbonyl (C=O) groups is 2. The first kappa shape index (κ1) is 20.6. The van der Waals surface area contributed by atoms with Gasteiger partial charge in [0.2, 0.25) is 0 Å². The minimum Gasteiger partial charge on any atom is -0.494 e. The molecule has 0 atom stereocenters. The lowest BCUT2D eigenvalue weighted by Gasteiger charge is -2.17. The molecule has 0 saturated heterocycles. The maximum absolute atomic E-state index is 13.7. The SMILES string of the molecule is COc1ccc(CN(C)C(=O)COC(=O)c2cc([N+](=O)[O-])ccc2N)cc1F. The third-order valence-corrected chi connectivity index (χ3v) is 3.86. The Bertz CT molecular complexity index is 918. The van der Waals surface area contributed by atoms with E-state index >= 15 is 0 Å². The number of non-ortho nitro benzene ring substituents is 1. The van der Waals surface area contributed by atoms with Crippen LogP contribution >= 0.6 is 0 Å². The maximum Gasteiger partial charge on any atom is 0.341 e. The van der Waals surface area contributed by atoms with E-state index in [0.717, 1.165) is 12.1 Å². The fourth-order valence-corrected chi connectivity index (χ4v) is 2.32. The number of nitro groups is 1. The van der Waals surface area contributed by atoms with Gasteiger partial charge < -0.3 is 20.1 Å². The van der Waals surface area contributed by atoms with Crippen LogP contribution in [0.4, 0.5) is 15.8 Å². The predicted octanol–water partition coefficient (Wildman–Crippen LogP) is 2.14. The Labute approximate surface area is 159 Å². The summed E-state index contributed by atoms with van der Waals surface area (Å²) in [6, 6.07) is 7.61. The van der Waals surface area contributed by atoms with Crippen molar-refractivity contribution in [3.8, 4) is 5.75 Å². The number of nitrogens with zero attached hydrogens (tertiary/aromatic N) is 2. The summed E-state index contributed by atoms with van der Waals surface area (Å²) < 4.78 is 23.4. The summed E-state index contributed by atoms with van der Waals surface area (Å²) >= 11 is 0. The molecule has 9 nitrogen and oxygen atoms in total. The second-order valence-electron chi connectivity index (χ2n) is 5.82. The van der Waals surface area contributed by atoms with E-state index in [1.54, 1.807) is 6.07 Å². The lowest BCUT2D eigenvalue weighted by molar-refractivity contribution is -0.384. The zero-order chi connectivity index (χ0) is 20.8. The van der Waals surface area contributed by atoms with Crippen LogP contribution in [0.3, 0.4) is 0 Å². The van der Waals surface area contributed by atoms with Gasteiger partial charge in [0.25, 0.3) is 11.6 Å². The number of likely N-dealkylation sites (N-methyl/N-ethyl adjacent to an activating group) is 1. The first-order chi connectivity index (χ1) is 13.2. The summed E-state index contributed by atoms with van der Waals surface area (Å²) in [6.07, 6.45) is 0. The van der Waals surface area contributed by atoms with Crippen LogP contribution in [0.15, 0.2) is 36.4 Å². The number of carbonyl (C=O) groups excluding carboxylic acids is 2. The van der Waals surface area contributed by atoms with Gasteiger partial charge in [0.15, 0.2) is 18.2 Å². The number of hydrogen-bond donors (Lipinski definition) is 1. The number of rotatable bonds is 7. The maximum atomic E-state index is 13.7. The number of nitrogen functional groups attached to an aromatic ring is 1. The Morgan fingerprint density at radius 3 is 2.57 bits per heavy atom. The number of ether oxygens (including phenoxy) is 2. The molecule has 0 bridgehead atoms. The highest BCUT2D eigenvalue weighted by Crippen LogP contribution is 2.21. The van der Waals surface area contributed by atoms with Crippen LogP contribution in [0, 0.1) is 15.9 Å². The molecule has 2 rings (SSSR count). The van der Waals surface area contributed by atoms with Gasteiger partial charge in [-0.25, -0.2) is 9.18 Å². The van der Waals surface area contributed by atoms with Crippen LogP contribution in [0.1, 0.15) is 15.9 Å². The molecule has 10 heteroatoms. The highest BCUT2D eigenvalue weighted by Gasteiger charge is 2.19.